The lowest BCUT2D eigenvalue weighted by Crippen LogP contribution is -2.49. The molecule has 0 aromatic heterocycles. The first-order chi connectivity index (χ1) is 7.02. The summed E-state index contributed by atoms with van der Waals surface area (Å²) in [6.45, 7) is 4.57. The van der Waals surface area contributed by atoms with Crippen molar-refractivity contribution in [3.05, 3.63) is 0 Å². The van der Waals surface area contributed by atoms with Crippen molar-refractivity contribution in [2.45, 2.75) is 39.5 Å². The molecule has 86 valence electrons. The first-order valence-corrected chi connectivity index (χ1v) is 5.51. The third-order valence-corrected chi connectivity index (χ3v) is 3.20. The molecule has 1 amide bonds. The number of piperidine rings is 1. The minimum Gasteiger partial charge on any atom is -0.481 e. The molecule has 1 aliphatic heterocycles. The van der Waals surface area contributed by atoms with Gasteiger partial charge in [0, 0.05) is 20.0 Å². The standard InChI is InChI=1S/C11H19NO3/c1-3-5-11(10(14)15)6-4-7-12(8-11)9(2)13/h3-8H2,1-2H3,(H,14,15). The Bertz CT molecular complexity index is 261. The number of hydrogen-bond acceptors (Lipinski definition) is 2. The zero-order valence-corrected chi connectivity index (χ0v) is 9.45. The summed E-state index contributed by atoms with van der Waals surface area (Å²) < 4.78 is 0. The smallest absolute Gasteiger partial charge is 0.311 e. The summed E-state index contributed by atoms with van der Waals surface area (Å²) in [6.07, 6.45) is 3.00. The van der Waals surface area contributed by atoms with E-state index in [1.54, 1.807) is 4.90 Å². The van der Waals surface area contributed by atoms with Crippen molar-refractivity contribution in [3.63, 3.8) is 0 Å². The van der Waals surface area contributed by atoms with Gasteiger partial charge < -0.3 is 10.0 Å². The minimum absolute atomic E-state index is 0.0172. The van der Waals surface area contributed by atoms with Crippen LogP contribution in [0, 0.1) is 5.41 Å². The van der Waals surface area contributed by atoms with Crippen LogP contribution in [0.5, 0.6) is 0 Å². The highest BCUT2D eigenvalue weighted by Gasteiger charge is 2.42. The van der Waals surface area contributed by atoms with E-state index < -0.39 is 11.4 Å². The molecule has 0 radical (unpaired) electrons. The molecule has 1 fully saturated rings. The van der Waals surface area contributed by atoms with Crippen LogP contribution < -0.4 is 0 Å². The molecule has 1 unspecified atom stereocenters. The van der Waals surface area contributed by atoms with Gasteiger partial charge in [-0.15, -0.1) is 0 Å². The van der Waals surface area contributed by atoms with Crippen LogP contribution in [0.25, 0.3) is 0 Å². The SMILES string of the molecule is CCCC1(C(=O)O)CCCN(C(C)=O)C1. The highest BCUT2D eigenvalue weighted by atomic mass is 16.4. The molecule has 0 spiro atoms. The molecule has 0 saturated carbocycles. The van der Waals surface area contributed by atoms with Crippen LogP contribution in [0.15, 0.2) is 0 Å². The van der Waals surface area contributed by atoms with E-state index >= 15 is 0 Å². The molecular weight excluding hydrogens is 194 g/mol. The first-order valence-electron chi connectivity index (χ1n) is 5.51. The molecule has 4 nitrogen and oxygen atoms in total. The quantitative estimate of drug-likeness (QED) is 0.773. The molecule has 4 heteroatoms. The van der Waals surface area contributed by atoms with Crippen LogP contribution in [-0.4, -0.2) is 35.0 Å². The lowest BCUT2D eigenvalue weighted by Gasteiger charge is -2.39. The van der Waals surface area contributed by atoms with Crippen molar-refractivity contribution in [1.29, 1.82) is 0 Å². The second kappa shape index (κ2) is 4.64. The molecule has 1 N–H and O–H groups in total. The van der Waals surface area contributed by atoms with E-state index in [1.165, 1.54) is 6.92 Å². The lowest BCUT2D eigenvalue weighted by molar-refractivity contribution is -0.155. The number of amides is 1. The molecule has 1 aliphatic rings. The maximum Gasteiger partial charge on any atom is 0.311 e. The first kappa shape index (κ1) is 12.0. The molecular formula is C11H19NO3. The Balaban J connectivity index is 2.79. The van der Waals surface area contributed by atoms with E-state index in [0.717, 1.165) is 12.8 Å². The molecule has 1 rings (SSSR count). The van der Waals surface area contributed by atoms with Crippen molar-refractivity contribution < 1.29 is 14.7 Å². The summed E-state index contributed by atoms with van der Waals surface area (Å²) >= 11 is 0. The van der Waals surface area contributed by atoms with Gasteiger partial charge >= 0.3 is 5.97 Å². The largest absolute Gasteiger partial charge is 0.481 e. The zero-order chi connectivity index (χ0) is 11.5. The van der Waals surface area contributed by atoms with Crippen LogP contribution in [0.3, 0.4) is 0 Å². The predicted molar refractivity (Wildman–Crippen MR) is 56.5 cm³/mol. The highest BCUT2D eigenvalue weighted by Crippen LogP contribution is 2.34. The Morgan fingerprint density at radius 1 is 1.47 bits per heavy atom. The molecule has 0 bridgehead atoms. The predicted octanol–water partition coefficient (Wildman–Crippen LogP) is 1.50. The average molecular weight is 213 g/mol. The van der Waals surface area contributed by atoms with Crippen molar-refractivity contribution in [2.24, 2.45) is 5.41 Å². The molecule has 1 atom stereocenters. The van der Waals surface area contributed by atoms with Gasteiger partial charge in [-0.05, 0) is 19.3 Å². The van der Waals surface area contributed by atoms with Crippen LogP contribution in [0.1, 0.15) is 39.5 Å². The number of carbonyl (C=O) groups is 2. The van der Waals surface area contributed by atoms with Crippen molar-refractivity contribution in [2.75, 3.05) is 13.1 Å². The topological polar surface area (TPSA) is 57.6 Å². The minimum atomic E-state index is -0.754. The number of rotatable bonds is 3. The van der Waals surface area contributed by atoms with Crippen LogP contribution in [0.2, 0.25) is 0 Å². The highest BCUT2D eigenvalue weighted by molar-refractivity contribution is 5.78. The molecule has 1 saturated heterocycles. The summed E-state index contributed by atoms with van der Waals surface area (Å²) in [4.78, 5) is 24.2. The van der Waals surface area contributed by atoms with Crippen molar-refractivity contribution in [1.82, 2.24) is 4.90 Å². The number of aliphatic carboxylic acids is 1. The van der Waals surface area contributed by atoms with E-state index in [1.807, 2.05) is 6.92 Å². The second-order valence-corrected chi connectivity index (χ2v) is 4.38. The summed E-state index contributed by atoms with van der Waals surface area (Å²) in [5.41, 5.74) is -0.696. The molecule has 15 heavy (non-hydrogen) atoms. The van der Waals surface area contributed by atoms with E-state index in [-0.39, 0.29) is 5.91 Å². The Labute approximate surface area is 90.3 Å². The van der Waals surface area contributed by atoms with E-state index in [4.69, 9.17) is 0 Å². The van der Waals surface area contributed by atoms with Gasteiger partial charge in [0.2, 0.25) is 5.91 Å². The zero-order valence-electron chi connectivity index (χ0n) is 9.45. The second-order valence-electron chi connectivity index (χ2n) is 4.38. The van der Waals surface area contributed by atoms with Crippen LogP contribution >= 0.6 is 0 Å². The fraction of sp³-hybridized carbons (Fsp3) is 0.818. The van der Waals surface area contributed by atoms with Gasteiger partial charge in [-0.1, -0.05) is 13.3 Å². The van der Waals surface area contributed by atoms with E-state index in [0.29, 0.717) is 25.9 Å². The van der Waals surface area contributed by atoms with Gasteiger partial charge in [0.1, 0.15) is 0 Å². The van der Waals surface area contributed by atoms with E-state index in [2.05, 4.69) is 0 Å². The number of likely N-dealkylation sites (tertiary alicyclic amines) is 1. The third-order valence-electron chi connectivity index (χ3n) is 3.20. The molecule has 0 aliphatic carbocycles. The lowest BCUT2D eigenvalue weighted by atomic mass is 9.76. The van der Waals surface area contributed by atoms with Crippen LogP contribution in [-0.2, 0) is 9.59 Å². The molecule has 0 aromatic rings. The van der Waals surface area contributed by atoms with Gasteiger partial charge in [-0.3, -0.25) is 9.59 Å². The van der Waals surface area contributed by atoms with Gasteiger partial charge in [-0.2, -0.15) is 0 Å². The van der Waals surface area contributed by atoms with Gasteiger partial charge in [0.25, 0.3) is 0 Å². The number of nitrogens with zero attached hydrogens (tertiary/aromatic N) is 1. The van der Waals surface area contributed by atoms with E-state index in [9.17, 15) is 14.7 Å². The van der Waals surface area contributed by atoms with Crippen LogP contribution in [0.4, 0.5) is 0 Å². The van der Waals surface area contributed by atoms with Crippen molar-refractivity contribution in [3.8, 4) is 0 Å². The van der Waals surface area contributed by atoms with Gasteiger partial charge in [-0.25, -0.2) is 0 Å². The summed E-state index contributed by atoms with van der Waals surface area (Å²) in [7, 11) is 0. The van der Waals surface area contributed by atoms with Crippen molar-refractivity contribution >= 4 is 11.9 Å². The number of carboxylic acids is 1. The third kappa shape index (κ3) is 2.49. The monoisotopic (exact) mass is 213 g/mol. The van der Waals surface area contributed by atoms with Gasteiger partial charge in [0.15, 0.2) is 0 Å². The summed E-state index contributed by atoms with van der Waals surface area (Å²) in [5.74, 6) is -0.772. The maximum atomic E-state index is 11.3. The average Bonchev–Trinajstić information content (AvgIpc) is 2.18. The van der Waals surface area contributed by atoms with Gasteiger partial charge in [0.05, 0.1) is 5.41 Å². The summed E-state index contributed by atoms with van der Waals surface area (Å²) in [5, 5.41) is 9.28. The fourth-order valence-corrected chi connectivity index (χ4v) is 2.36. The molecule has 1 heterocycles. The Morgan fingerprint density at radius 3 is 2.60 bits per heavy atom. The maximum absolute atomic E-state index is 11.3. The number of hydrogen-bond donors (Lipinski definition) is 1. The Morgan fingerprint density at radius 2 is 2.13 bits per heavy atom. The fourth-order valence-electron chi connectivity index (χ4n) is 2.36. The normalized spacial score (nSPS) is 26.4. The Kier molecular flexibility index (Phi) is 3.72. The number of carboxylic acid groups (broad SMARTS) is 1. The molecule has 0 aromatic carbocycles. The number of carbonyl (C=O) groups excluding carboxylic acids is 1. The summed E-state index contributed by atoms with van der Waals surface area (Å²) in [6, 6.07) is 0. The Hall–Kier alpha value is -1.06.